The third kappa shape index (κ3) is 5.17. The maximum atomic E-state index is 13.4. The van der Waals surface area contributed by atoms with Crippen molar-refractivity contribution in [3.8, 4) is 0 Å². The topological polar surface area (TPSA) is 44.1 Å². The van der Waals surface area contributed by atoms with Gasteiger partial charge < -0.3 is 4.74 Å². The van der Waals surface area contributed by atoms with Crippen molar-refractivity contribution in [2.45, 2.75) is 43.8 Å². The number of hydrogen-bond donors (Lipinski definition) is 0. The molecule has 3 rings (SSSR count). The Morgan fingerprint density at radius 1 is 1.19 bits per heavy atom. The largest absolute Gasteiger partial charge is 0.379 e. The van der Waals surface area contributed by atoms with E-state index in [0.717, 1.165) is 12.0 Å². The number of ether oxygens (including phenoxy) is 1. The second kappa shape index (κ2) is 9.15. The van der Waals surface area contributed by atoms with Crippen LogP contribution in [0.2, 0.25) is 0 Å². The third-order valence-electron chi connectivity index (χ3n) is 4.06. The normalized spacial score (nSPS) is 11.4. The van der Waals surface area contributed by atoms with Gasteiger partial charge in [0, 0.05) is 18.9 Å². The van der Waals surface area contributed by atoms with E-state index in [-0.39, 0.29) is 17.5 Å². The van der Waals surface area contributed by atoms with Gasteiger partial charge in [-0.05, 0) is 50.1 Å². The highest BCUT2D eigenvalue weighted by atomic mass is 32.2. The second-order valence-electron chi connectivity index (χ2n) is 6.56. The van der Waals surface area contributed by atoms with Crippen LogP contribution in [0.4, 0.5) is 4.39 Å². The molecule has 0 amide bonds. The summed E-state index contributed by atoms with van der Waals surface area (Å²) < 4.78 is 20.7. The first-order valence-electron chi connectivity index (χ1n) is 9.03. The van der Waals surface area contributed by atoms with Crippen LogP contribution in [0.3, 0.4) is 0 Å². The molecule has 0 spiro atoms. The van der Waals surface area contributed by atoms with Gasteiger partial charge in [0.15, 0.2) is 5.16 Å². The molecular weight excluding hydrogens is 363 g/mol. The Morgan fingerprint density at radius 2 is 2.00 bits per heavy atom. The van der Waals surface area contributed by atoms with E-state index in [9.17, 15) is 9.18 Å². The number of nitrogens with zero attached hydrogens (tertiary/aromatic N) is 2. The van der Waals surface area contributed by atoms with E-state index in [1.54, 1.807) is 16.7 Å². The van der Waals surface area contributed by atoms with Gasteiger partial charge in [0.2, 0.25) is 0 Å². The van der Waals surface area contributed by atoms with Gasteiger partial charge in [-0.3, -0.25) is 9.36 Å². The van der Waals surface area contributed by atoms with E-state index in [2.05, 4.69) is 4.98 Å². The zero-order valence-corrected chi connectivity index (χ0v) is 16.3. The summed E-state index contributed by atoms with van der Waals surface area (Å²) in [5.41, 5.74) is 1.49. The van der Waals surface area contributed by atoms with E-state index < -0.39 is 0 Å². The summed E-state index contributed by atoms with van der Waals surface area (Å²) in [5.74, 6) is 0.285. The summed E-state index contributed by atoms with van der Waals surface area (Å²) in [6.07, 6.45) is 0.893. The van der Waals surface area contributed by atoms with Gasteiger partial charge in [0.05, 0.1) is 17.0 Å². The van der Waals surface area contributed by atoms with Crippen molar-refractivity contribution >= 4 is 22.7 Å². The predicted molar refractivity (Wildman–Crippen MR) is 108 cm³/mol. The lowest BCUT2D eigenvalue weighted by Crippen LogP contribution is -2.24. The van der Waals surface area contributed by atoms with E-state index in [1.165, 1.54) is 23.9 Å². The van der Waals surface area contributed by atoms with Gasteiger partial charge in [0.1, 0.15) is 5.82 Å². The van der Waals surface area contributed by atoms with Crippen molar-refractivity contribution < 1.29 is 9.13 Å². The van der Waals surface area contributed by atoms with Crippen molar-refractivity contribution in [3.63, 3.8) is 0 Å². The number of thioether (sulfide) groups is 1. The Bertz CT molecular complexity index is 972. The Kier molecular flexibility index (Phi) is 6.63. The molecule has 0 saturated carbocycles. The zero-order chi connectivity index (χ0) is 19.2. The smallest absolute Gasteiger partial charge is 0.262 e. The van der Waals surface area contributed by atoms with Gasteiger partial charge in [-0.25, -0.2) is 9.37 Å². The number of benzene rings is 2. The molecule has 0 aliphatic heterocycles. The molecule has 0 saturated heterocycles. The second-order valence-corrected chi connectivity index (χ2v) is 7.50. The van der Waals surface area contributed by atoms with E-state index >= 15 is 0 Å². The van der Waals surface area contributed by atoms with Crippen LogP contribution in [-0.2, 0) is 17.0 Å². The minimum absolute atomic E-state index is 0.0492. The number of fused-ring (bicyclic) bond motifs is 1. The summed E-state index contributed by atoms with van der Waals surface area (Å²) in [7, 11) is 0. The molecular formula is C21H23FN2O2S. The number of hydrogen-bond acceptors (Lipinski definition) is 4. The molecule has 6 heteroatoms. The monoisotopic (exact) mass is 386 g/mol. The van der Waals surface area contributed by atoms with Crippen LogP contribution in [-0.4, -0.2) is 22.3 Å². The Hall–Kier alpha value is -2.18. The lowest BCUT2D eigenvalue weighted by Gasteiger charge is -2.14. The molecule has 0 fully saturated rings. The fourth-order valence-electron chi connectivity index (χ4n) is 2.77. The van der Waals surface area contributed by atoms with Gasteiger partial charge >= 0.3 is 0 Å². The molecule has 27 heavy (non-hydrogen) atoms. The molecule has 0 unspecified atom stereocenters. The lowest BCUT2D eigenvalue weighted by molar-refractivity contribution is 0.0743. The van der Waals surface area contributed by atoms with E-state index in [4.69, 9.17) is 4.74 Å². The lowest BCUT2D eigenvalue weighted by atomic mass is 10.2. The minimum atomic E-state index is -0.261. The van der Waals surface area contributed by atoms with E-state index in [0.29, 0.717) is 35.0 Å². The third-order valence-corrected chi connectivity index (χ3v) is 5.11. The highest BCUT2D eigenvalue weighted by molar-refractivity contribution is 7.98. The predicted octanol–water partition coefficient (Wildman–Crippen LogP) is 4.64. The summed E-state index contributed by atoms with van der Waals surface area (Å²) in [4.78, 5) is 17.6. The molecule has 0 aliphatic rings. The molecule has 1 heterocycles. The van der Waals surface area contributed by atoms with Crippen molar-refractivity contribution in [1.82, 2.24) is 9.55 Å². The fraction of sp³-hybridized carbons (Fsp3) is 0.333. The number of aromatic nitrogens is 2. The van der Waals surface area contributed by atoms with Crippen LogP contribution in [0.25, 0.3) is 10.9 Å². The average Bonchev–Trinajstić information content (AvgIpc) is 2.65. The van der Waals surface area contributed by atoms with Crippen LogP contribution in [0.5, 0.6) is 0 Å². The zero-order valence-electron chi connectivity index (χ0n) is 15.5. The molecule has 3 aromatic rings. The minimum Gasteiger partial charge on any atom is -0.379 e. The van der Waals surface area contributed by atoms with Crippen molar-refractivity contribution in [2.24, 2.45) is 0 Å². The highest BCUT2D eigenvalue weighted by Crippen LogP contribution is 2.22. The van der Waals surface area contributed by atoms with Gasteiger partial charge in [-0.1, -0.05) is 36.0 Å². The van der Waals surface area contributed by atoms with Crippen LogP contribution in [0, 0.1) is 5.82 Å². The van der Waals surface area contributed by atoms with Crippen molar-refractivity contribution in [1.29, 1.82) is 0 Å². The molecule has 0 aliphatic carbocycles. The highest BCUT2D eigenvalue weighted by Gasteiger charge is 2.12. The molecule has 0 atom stereocenters. The molecule has 0 bridgehead atoms. The van der Waals surface area contributed by atoms with Gasteiger partial charge in [0.25, 0.3) is 5.56 Å². The Balaban J connectivity index is 1.86. The molecule has 142 valence electrons. The SMILES string of the molecule is CC(C)OCCCn1c(SCc2cccc(F)c2)nc2ccccc2c1=O. The van der Waals surface area contributed by atoms with Gasteiger partial charge in [-0.2, -0.15) is 0 Å². The first-order chi connectivity index (χ1) is 13.0. The summed E-state index contributed by atoms with van der Waals surface area (Å²) >= 11 is 1.45. The molecule has 2 aromatic carbocycles. The maximum Gasteiger partial charge on any atom is 0.262 e. The van der Waals surface area contributed by atoms with Crippen LogP contribution < -0.4 is 5.56 Å². The maximum absolute atomic E-state index is 13.4. The van der Waals surface area contributed by atoms with Crippen molar-refractivity contribution in [2.75, 3.05) is 6.61 Å². The molecule has 4 nitrogen and oxygen atoms in total. The summed E-state index contributed by atoms with van der Waals surface area (Å²) in [5, 5.41) is 1.25. The number of rotatable bonds is 8. The first kappa shape index (κ1) is 19.6. The number of para-hydroxylation sites is 1. The number of halogens is 1. The Morgan fingerprint density at radius 3 is 2.78 bits per heavy atom. The molecule has 0 radical (unpaired) electrons. The summed E-state index contributed by atoms with van der Waals surface area (Å²) in [6.45, 7) is 5.11. The Labute approximate surface area is 162 Å². The molecule has 0 N–H and O–H groups in total. The first-order valence-corrected chi connectivity index (χ1v) is 10.0. The summed E-state index contributed by atoms with van der Waals surface area (Å²) in [6, 6.07) is 13.8. The van der Waals surface area contributed by atoms with E-state index in [1.807, 2.05) is 38.1 Å². The standard InChI is InChI=1S/C21H23FN2O2S/c1-15(2)26-12-6-11-24-20(25)18-9-3-4-10-19(18)23-21(24)27-14-16-7-5-8-17(22)13-16/h3-5,7-10,13,15H,6,11-12,14H2,1-2H3. The van der Waals surface area contributed by atoms with Crippen LogP contribution >= 0.6 is 11.8 Å². The van der Waals surface area contributed by atoms with Crippen LogP contribution in [0.15, 0.2) is 58.5 Å². The molecule has 1 aromatic heterocycles. The quantitative estimate of drug-likeness (QED) is 0.321. The van der Waals surface area contributed by atoms with Gasteiger partial charge in [-0.15, -0.1) is 0 Å². The fourth-order valence-corrected chi connectivity index (χ4v) is 3.74. The average molecular weight is 386 g/mol. The van der Waals surface area contributed by atoms with Crippen LogP contribution in [0.1, 0.15) is 25.8 Å². The van der Waals surface area contributed by atoms with Crippen molar-refractivity contribution in [3.05, 3.63) is 70.3 Å².